The summed E-state index contributed by atoms with van der Waals surface area (Å²) in [5.41, 5.74) is 5.29. The minimum Gasteiger partial charge on any atom is -0.300 e. The predicted molar refractivity (Wildman–Crippen MR) is 148 cm³/mol. The Morgan fingerprint density at radius 1 is 0.973 bits per heavy atom. The number of aromatic nitrogens is 2. The summed E-state index contributed by atoms with van der Waals surface area (Å²) in [6.07, 6.45) is 6.44. The number of nitrogens with zero attached hydrogens (tertiary/aromatic N) is 2. The summed E-state index contributed by atoms with van der Waals surface area (Å²) in [4.78, 5) is 25.2. The lowest BCUT2D eigenvalue weighted by molar-refractivity contribution is -0.136. The number of ketones is 2. The van der Waals surface area contributed by atoms with Gasteiger partial charge in [-0.1, -0.05) is 66.2 Å². The summed E-state index contributed by atoms with van der Waals surface area (Å²) in [5.74, 6) is 1.10. The molecular weight excluding hydrogens is 480 g/mol. The van der Waals surface area contributed by atoms with Gasteiger partial charge < -0.3 is 0 Å². The smallest absolute Gasteiger partial charge is 0.165 e. The Bertz CT molecular complexity index is 1470. The van der Waals surface area contributed by atoms with Gasteiger partial charge in [0.25, 0.3) is 0 Å². The first-order valence-corrected chi connectivity index (χ1v) is 13.6. The summed E-state index contributed by atoms with van der Waals surface area (Å²) in [6, 6.07) is 22.5. The van der Waals surface area contributed by atoms with Crippen molar-refractivity contribution in [2.24, 2.45) is 17.3 Å². The van der Waals surface area contributed by atoms with E-state index in [4.69, 9.17) is 11.6 Å². The molecule has 1 unspecified atom stereocenters. The van der Waals surface area contributed by atoms with E-state index in [9.17, 15) is 9.59 Å². The molecule has 0 radical (unpaired) electrons. The summed E-state index contributed by atoms with van der Waals surface area (Å²) in [7, 11) is 0. The summed E-state index contributed by atoms with van der Waals surface area (Å²) < 4.78 is 1.94. The molecule has 0 amide bonds. The molecular formula is C32H31ClN2O2. The predicted octanol–water partition coefficient (Wildman–Crippen LogP) is 7.93. The van der Waals surface area contributed by atoms with E-state index < -0.39 is 0 Å². The first-order chi connectivity index (χ1) is 17.8. The molecule has 1 heterocycles. The third kappa shape index (κ3) is 4.31. The maximum atomic E-state index is 13.5. The fraction of sp³-hybridized carbons (Fsp3) is 0.344. The van der Waals surface area contributed by atoms with Crippen LogP contribution in [0, 0.1) is 17.3 Å². The molecule has 3 aromatic carbocycles. The molecule has 37 heavy (non-hydrogen) atoms. The molecule has 5 heteroatoms. The van der Waals surface area contributed by atoms with Crippen LogP contribution in [0.5, 0.6) is 0 Å². The van der Waals surface area contributed by atoms with Gasteiger partial charge >= 0.3 is 0 Å². The maximum absolute atomic E-state index is 13.5. The molecule has 0 aliphatic heterocycles. The zero-order valence-corrected chi connectivity index (χ0v) is 22.0. The Hall–Kier alpha value is -3.24. The topological polar surface area (TPSA) is 52.0 Å². The molecule has 2 aliphatic carbocycles. The van der Waals surface area contributed by atoms with Crippen LogP contribution >= 0.6 is 11.6 Å². The van der Waals surface area contributed by atoms with Crippen molar-refractivity contribution in [2.75, 3.05) is 0 Å². The van der Waals surface area contributed by atoms with E-state index >= 15 is 0 Å². The molecule has 0 saturated heterocycles. The normalized spacial score (nSPS) is 23.4. The number of carbonyl (C=O) groups is 2. The molecule has 4 aromatic rings. The second kappa shape index (κ2) is 9.25. The van der Waals surface area contributed by atoms with Crippen molar-refractivity contribution in [2.45, 2.75) is 52.0 Å². The lowest BCUT2D eigenvalue weighted by Gasteiger charge is -2.57. The maximum Gasteiger partial charge on any atom is 0.165 e. The van der Waals surface area contributed by atoms with E-state index in [1.807, 2.05) is 35.0 Å². The van der Waals surface area contributed by atoms with Gasteiger partial charge in [0.15, 0.2) is 5.78 Å². The minimum absolute atomic E-state index is 0.0576. The fourth-order valence-corrected chi connectivity index (χ4v) is 6.86. The van der Waals surface area contributed by atoms with Crippen molar-refractivity contribution in [3.8, 4) is 11.1 Å². The average Bonchev–Trinajstić information content (AvgIpc) is 3.31. The van der Waals surface area contributed by atoms with Crippen molar-refractivity contribution in [3.05, 3.63) is 89.1 Å². The molecule has 0 bridgehead atoms. The van der Waals surface area contributed by atoms with Gasteiger partial charge in [-0.2, -0.15) is 5.10 Å². The van der Waals surface area contributed by atoms with E-state index in [0.717, 1.165) is 42.1 Å². The monoisotopic (exact) mass is 510 g/mol. The Balaban J connectivity index is 1.23. The number of halogens is 1. The third-order valence-electron chi connectivity index (χ3n) is 8.72. The van der Waals surface area contributed by atoms with Crippen molar-refractivity contribution in [3.63, 3.8) is 0 Å². The zero-order chi connectivity index (χ0) is 25.7. The highest BCUT2D eigenvalue weighted by atomic mass is 35.5. The highest BCUT2D eigenvalue weighted by Crippen LogP contribution is 2.62. The van der Waals surface area contributed by atoms with Gasteiger partial charge in [-0.05, 0) is 79.7 Å². The average molecular weight is 511 g/mol. The number of hydrogen-bond acceptors (Lipinski definition) is 3. The van der Waals surface area contributed by atoms with Gasteiger partial charge in [0, 0.05) is 23.3 Å². The Morgan fingerprint density at radius 3 is 2.32 bits per heavy atom. The lowest BCUT2D eigenvalue weighted by atomic mass is 9.47. The molecule has 2 aliphatic rings. The summed E-state index contributed by atoms with van der Waals surface area (Å²) in [6.45, 7) is 3.81. The first kappa shape index (κ1) is 24.1. The second-order valence-electron chi connectivity index (χ2n) is 11.2. The van der Waals surface area contributed by atoms with Gasteiger partial charge in [-0.25, -0.2) is 0 Å². The zero-order valence-electron chi connectivity index (χ0n) is 21.3. The van der Waals surface area contributed by atoms with Gasteiger partial charge in [-0.15, -0.1) is 0 Å². The minimum atomic E-state index is -0.0576. The van der Waals surface area contributed by atoms with Crippen LogP contribution in [-0.4, -0.2) is 21.3 Å². The molecule has 1 atom stereocenters. The highest BCUT2D eigenvalue weighted by molar-refractivity contribution is 6.36. The van der Waals surface area contributed by atoms with Crippen molar-refractivity contribution in [1.82, 2.24) is 9.78 Å². The number of carbonyl (C=O) groups excluding carboxylic acids is 2. The lowest BCUT2D eigenvalue weighted by Crippen LogP contribution is -2.49. The van der Waals surface area contributed by atoms with E-state index in [2.05, 4.69) is 48.4 Å². The van der Waals surface area contributed by atoms with Crippen molar-refractivity contribution in [1.29, 1.82) is 0 Å². The van der Waals surface area contributed by atoms with Gasteiger partial charge in [0.1, 0.15) is 5.78 Å². The van der Waals surface area contributed by atoms with E-state index in [1.54, 1.807) is 13.1 Å². The summed E-state index contributed by atoms with van der Waals surface area (Å²) >= 11 is 6.54. The van der Waals surface area contributed by atoms with E-state index in [-0.39, 0.29) is 17.7 Å². The van der Waals surface area contributed by atoms with Crippen LogP contribution in [0.3, 0.4) is 0 Å². The van der Waals surface area contributed by atoms with Crippen molar-refractivity contribution < 1.29 is 9.59 Å². The number of fused-ring (bicyclic) bond motifs is 1. The van der Waals surface area contributed by atoms with Gasteiger partial charge in [0.2, 0.25) is 0 Å². The third-order valence-corrected chi connectivity index (χ3v) is 9.05. The SMILES string of the molecule is CC(=O)C1CC2(CC(CC(=O)c3ccc(Cl)c4cnn(C(C)c5ccc(-c6ccccc6)cc5)c34)C2)C1. The second-order valence-corrected chi connectivity index (χ2v) is 11.6. The number of hydrogen-bond donors (Lipinski definition) is 0. The van der Waals surface area contributed by atoms with Gasteiger partial charge in [-0.3, -0.25) is 14.3 Å². The standard InChI is InChI=1S/C32H31ClN2O2/c1-20(23-8-10-25(11-9-23)24-6-4-3-5-7-24)35-31-27(12-13-29(33)28(31)19-34-35)30(37)14-22-15-32(16-22)17-26(18-32)21(2)36/h3-13,19-20,22,26H,14-18H2,1-2H3. The molecule has 2 fully saturated rings. The Labute approximate surface area is 222 Å². The van der Waals surface area contributed by atoms with E-state index in [0.29, 0.717) is 34.1 Å². The van der Waals surface area contributed by atoms with Gasteiger partial charge in [0.05, 0.1) is 22.8 Å². The molecule has 2 saturated carbocycles. The van der Waals surface area contributed by atoms with Crippen LogP contribution in [0.1, 0.15) is 67.9 Å². The first-order valence-electron chi connectivity index (χ1n) is 13.2. The summed E-state index contributed by atoms with van der Waals surface area (Å²) in [5, 5.41) is 6.11. The highest BCUT2D eigenvalue weighted by Gasteiger charge is 2.53. The molecule has 188 valence electrons. The number of rotatable bonds is 7. The van der Waals surface area contributed by atoms with Crippen LogP contribution < -0.4 is 0 Å². The largest absolute Gasteiger partial charge is 0.300 e. The number of benzene rings is 3. The quantitative estimate of drug-likeness (QED) is 0.237. The van der Waals surface area contributed by atoms with Crippen LogP contribution in [0.15, 0.2) is 72.9 Å². The van der Waals surface area contributed by atoms with Crippen molar-refractivity contribution >= 4 is 34.1 Å². The van der Waals surface area contributed by atoms with Crippen LogP contribution in [-0.2, 0) is 4.79 Å². The van der Waals surface area contributed by atoms with Crippen LogP contribution in [0.25, 0.3) is 22.0 Å². The molecule has 6 rings (SSSR count). The Kier molecular flexibility index (Phi) is 6.03. The molecule has 0 N–H and O–H groups in total. The fourth-order valence-electron chi connectivity index (χ4n) is 6.66. The molecule has 1 spiro atoms. The van der Waals surface area contributed by atoms with E-state index in [1.165, 1.54) is 11.1 Å². The van der Waals surface area contributed by atoms with Crippen LogP contribution in [0.2, 0.25) is 5.02 Å². The molecule has 1 aromatic heterocycles. The molecule has 4 nitrogen and oxygen atoms in total. The van der Waals surface area contributed by atoms with Crippen LogP contribution in [0.4, 0.5) is 0 Å². The number of Topliss-reactive ketones (excluding diaryl/α,β-unsaturated/α-hetero) is 2. The Morgan fingerprint density at radius 2 is 1.65 bits per heavy atom.